The Bertz CT molecular complexity index is 4370. The molecule has 13 aromatic rings. The van der Waals surface area contributed by atoms with Crippen LogP contribution in [0.25, 0.3) is 65.3 Å². The van der Waals surface area contributed by atoms with Gasteiger partial charge in [0.1, 0.15) is 11.5 Å². The Labute approximate surface area is 474 Å². The van der Waals surface area contributed by atoms with Gasteiger partial charge in [-0.2, -0.15) is 0 Å². The first-order chi connectivity index (χ1) is 40.1. The minimum atomic E-state index is -1.06. The van der Waals surface area contributed by atoms with Crippen molar-refractivity contribution in [2.24, 2.45) is 9.98 Å². The Morgan fingerprint density at radius 1 is 0.370 bits per heavy atom. The van der Waals surface area contributed by atoms with Crippen LogP contribution in [0, 0.1) is 0 Å². The lowest BCUT2D eigenvalue weighted by molar-refractivity contribution is 0.476. The van der Waals surface area contributed by atoms with E-state index in [-0.39, 0.29) is 24.1 Å². The molecule has 0 saturated carbocycles. The molecule has 0 spiro atoms. The van der Waals surface area contributed by atoms with Crippen LogP contribution in [0.1, 0.15) is 16.8 Å². The summed E-state index contributed by atoms with van der Waals surface area (Å²) in [4.78, 5) is 15.2. The monoisotopic (exact) mass is 1080 g/mol. The Balaban J connectivity index is 0.930. The Kier molecular flexibility index (Phi) is 14.6. The summed E-state index contributed by atoms with van der Waals surface area (Å²) in [5.74, 6) is 0.330. The third-order valence-corrected chi connectivity index (χ3v) is 20.1. The second-order valence-electron chi connectivity index (χ2n) is 20.1. The smallest absolute Gasteiger partial charge is 0.132 e. The van der Waals surface area contributed by atoms with Crippen molar-refractivity contribution in [3.63, 3.8) is 0 Å². The van der Waals surface area contributed by atoms with Crippen LogP contribution in [-0.2, 0) is 6.42 Å². The van der Waals surface area contributed by atoms with Gasteiger partial charge in [-0.1, -0.05) is 249 Å². The minimum absolute atomic E-state index is 0.163. The molecule has 2 N–H and O–H groups in total. The average molecular weight is 1080 g/mol. The first kappa shape index (κ1) is 51.1. The predicted octanol–water partition coefficient (Wildman–Crippen LogP) is 15.1. The summed E-state index contributed by atoms with van der Waals surface area (Å²) in [6.07, 6.45) is 5.93. The zero-order chi connectivity index (χ0) is 54.5. The second kappa shape index (κ2) is 23.1. The molecule has 388 valence electrons. The lowest BCUT2D eigenvalue weighted by Gasteiger charge is -2.25. The van der Waals surface area contributed by atoms with E-state index in [1.54, 1.807) is 12.4 Å². The number of pyridine rings is 1. The molecule has 1 atom stereocenters. The molecule has 0 aliphatic heterocycles. The first-order valence-electron chi connectivity index (χ1n) is 27.3. The van der Waals surface area contributed by atoms with E-state index in [0.29, 0.717) is 17.5 Å². The molecule has 81 heavy (non-hydrogen) atoms. The molecule has 0 bridgehead atoms. The fourth-order valence-electron chi connectivity index (χ4n) is 11.4. The lowest BCUT2D eigenvalue weighted by Crippen LogP contribution is -2.22. The van der Waals surface area contributed by atoms with E-state index in [0.717, 1.165) is 81.6 Å². The van der Waals surface area contributed by atoms with Gasteiger partial charge in [0.2, 0.25) is 0 Å². The Morgan fingerprint density at radius 2 is 0.741 bits per heavy atom. The van der Waals surface area contributed by atoms with E-state index >= 15 is 0 Å². The molecular formula is C74H55N3O2P2. The summed E-state index contributed by atoms with van der Waals surface area (Å²) in [5, 5.41) is 41.4. The molecule has 0 aliphatic rings. The number of phenols is 2. The van der Waals surface area contributed by atoms with Crippen molar-refractivity contribution in [1.82, 2.24) is 4.98 Å². The van der Waals surface area contributed by atoms with Crippen LogP contribution in [0.2, 0.25) is 0 Å². The van der Waals surface area contributed by atoms with Gasteiger partial charge >= 0.3 is 0 Å². The molecule has 0 saturated heterocycles. The van der Waals surface area contributed by atoms with Crippen LogP contribution in [0.3, 0.4) is 0 Å². The summed E-state index contributed by atoms with van der Waals surface area (Å²) < 4.78 is 0. The Morgan fingerprint density at radius 3 is 1.16 bits per heavy atom. The van der Waals surface area contributed by atoms with Gasteiger partial charge in [0, 0.05) is 64.1 Å². The zero-order valence-corrected chi connectivity index (χ0v) is 46.1. The van der Waals surface area contributed by atoms with Crippen LogP contribution >= 0.6 is 15.8 Å². The molecule has 7 heteroatoms. The van der Waals surface area contributed by atoms with Gasteiger partial charge in [-0.15, -0.1) is 0 Å². The number of aromatic nitrogens is 1. The highest BCUT2D eigenvalue weighted by atomic mass is 31.1. The van der Waals surface area contributed by atoms with Crippen LogP contribution < -0.4 is 31.8 Å². The van der Waals surface area contributed by atoms with Crippen LogP contribution in [-0.4, -0.2) is 40.2 Å². The van der Waals surface area contributed by atoms with E-state index in [1.165, 1.54) is 21.2 Å². The molecule has 12 aromatic carbocycles. The van der Waals surface area contributed by atoms with Crippen molar-refractivity contribution >= 4 is 103 Å². The van der Waals surface area contributed by atoms with Crippen molar-refractivity contribution < 1.29 is 10.2 Å². The van der Waals surface area contributed by atoms with Crippen molar-refractivity contribution in [3.8, 4) is 33.8 Å². The topological polar surface area (TPSA) is 78.1 Å². The molecule has 13 rings (SSSR count). The van der Waals surface area contributed by atoms with Gasteiger partial charge in [0.25, 0.3) is 0 Å². The summed E-state index contributed by atoms with van der Waals surface area (Å²) in [5.41, 5.74) is 5.66. The zero-order valence-electron chi connectivity index (χ0n) is 44.3. The van der Waals surface area contributed by atoms with E-state index < -0.39 is 15.8 Å². The fourth-order valence-corrected chi connectivity index (χ4v) is 16.3. The van der Waals surface area contributed by atoms with Gasteiger partial charge in [0.05, 0.1) is 12.6 Å². The maximum atomic E-state index is 13.0. The normalized spacial score (nSPS) is 12.2. The number of aromatic hydroxyl groups is 2. The second-order valence-corrected chi connectivity index (χ2v) is 24.5. The van der Waals surface area contributed by atoms with Crippen molar-refractivity contribution in [1.29, 1.82) is 0 Å². The van der Waals surface area contributed by atoms with E-state index in [1.807, 2.05) is 60.8 Å². The molecule has 0 radical (unpaired) electrons. The number of hydrogen-bond acceptors (Lipinski definition) is 5. The highest BCUT2D eigenvalue weighted by Crippen LogP contribution is 2.48. The molecule has 5 nitrogen and oxygen atoms in total. The molecule has 0 aliphatic carbocycles. The molecule has 1 aromatic heterocycles. The van der Waals surface area contributed by atoms with Gasteiger partial charge in [0.15, 0.2) is 0 Å². The third kappa shape index (κ3) is 10.3. The predicted molar refractivity (Wildman–Crippen MR) is 346 cm³/mol. The van der Waals surface area contributed by atoms with Gasteiger partial charge < -0.3 is 10.2 Å². The third-order valence-electron chi connectivity index (χ3n) is 15.1. The highest BCUT2D eigenvalue weighted by Gasteiger charge is 2.28. The minimum Gasteiger partial charge on any atom is -0.507 e. The largest absolute Gasteiger partial charge is 0.507 e. The SMILES string of the molecule is Oc1c(C=NC[C@H](Cc2ccccn2)N=Cc2cc3ccccc3c(-c3c(P(c4ccccc4)c4ccccc4)ccc4ccccc34)c2O)cc2ccccc2c1-c1c(P(c2ccccc2)c2ccccc2)ccc2ccccc12. The van der Waals surface area contributed by atoms with E-state index in [9.17, 15) is 10.2 Å². The van der Waals surface area contributed by atoms with Crippen molar-refractivity contribution in [3.05, 3.63) is 296 Å². The number of hydrogen-bond donors (Lipinski definition) is 2. The van der Waals surface area contributed by atoms with Crippen LogP contribution in [0.15, 0.2) is 289 Å². The van der Waals surface area contributed by atoms with Gasteiger partial charge in [-0.25, -0.2) is 0 Å². The van der Waals surface area contributed by atoms with Gasteiger partial charge in [-0.05, 0) is 115 Å². The summed E-state index contributed by atoms with van der Waals surface area (Å²) >= 11 is 0. The lowest BCUT2D eigenvalue weighted by atomic mass is 9.91. The van der Waals surface area contributed by atoms with Crippen molar-refractivity contribution in [2.75, 3.05) is 6.54 Å². The first-order valence-corrected chi connectivity index (χ1v) is 30.0. The number of rotatable bonds is 15. The number of benzene rings is 12. The summed E-state index contributed by atoms with van der Waals surface area (Å²) in [6, 6.07) is 95.2. The molecule has 0 fully saturated rings. The highest BCUT2D eigenvalue weighted by molar-refractivity contribution is 7.80. The van der Waals surface area contributed by atoms with Crippen molar-refractivity contribution in [2.45, 2.75) is 12.5 Å². The van der Waals surface area contributed by atoms with E-state index in [2.05, 4.69) is 218 Å². The Hall–Kier alpha value is -9.37. The van der Waals surface area contributed by atoms with Crippen LogP contribution in [0.4, 0.5) is 0 Å². The summed E-state index contributed by atoms with van der Waals surface area (Å²) in [7, 11) is -2.11. The molecule has 1 heterocycles. The molecule has 0 unspecified atom stereocenters. The number of phenolic OH excluding ortho intramolecular Hbond substituents is 2. The van der Waals surface area contributed by atoms with Crippen LogP contribution in [0.5, 0.6) is 11.5 Å². The fraction of sp³-hybridized carbons (Fsp3) is 0.0405. The van der Waals surface area contributed by atoms with Gasteiger partial charge in [-0.3, -0.25) is 15.0 Å². The maximum Gasteiger partial charge on any atom is 0.132 e. The quantitative estimate of drug-likeness (QED) is 0.0793. The number of aliphatic imine (C=N–C) groups is 2. The number of nitrogens with zero attached hydrogens (tertiary/aromatic N) is 3. The summed E-state index contributed by atoms with van der Waals surface area (Å²) in [6.45, 7) is 0.286. The number of fused-ring (bicyclic) bond motifs is 4. The molecule has 0 amide bonds. The van der Waals surface area contributed by atoms with E-state index in [4.69, 9.17) is 15.0 Å². The maximum absolute atomic E-state index is 13.0. The molecular weight excluding hydrogens is 1020 g/mol. The standard InChI is InChI=1S/C74H55N3O2P2/c78-73-55(45-53-25-15-19-38-65(53)71(73)69-63-36-17-13-23-51(63)40-42-67(69)80(59-28-5-1-6-29-59)60-30-7-2-8-31-60)48-75-50-58(47-57-27-21-22-44-76-57)77-49-56-46-54-26-16-20-39-66(54)72(74(56)79)70-64-37-18-14-24-52(64)41-43-68(70)81(61-32-9-3-10-33-61)62-34-11-4-12-35-62/h1-46,48-49,58,78-79H,47,50H2/t58-/m0/s1. The average Bonchev–Trinajstić information content (AvgIpc) is 3.58.